The molecule has 3 aromatic rings. The quantitative estimate of drug-likeness (QED) is 0.529. The van der Waals surface area contributed by atoms with Crippen LogP contribution in [0.4, 0.5) is 11.6 Å². The van der Waals surface area contributed by atoms with Crippen molar-refractivity contribution in [1.82, 2.24) is 24.6 Å². The van der Waals surface area contributed by atoms with Gasteiger partial charge in [-0.15, -0.1) is 5.10 Å². The number of ether oxygens (including phenoxy) is 1. The number of hydrogen-bond acceptors (Lipinski definition) is 8. The summed E-state index contributed by atoms with van der Waals surface area (Å²) in [6.45, 7) is 7.61. The minimum Gasteiger partial charge on any atom is -0.462 e. The molecule has 0 aromatic carbocycles. The van der Waals surface area contributed by atoms with E-state index in [9.17, 15) is 0 Å². The van der Waals surface area contributed by atoms with Gasteiger partial charge < -0.3 is 21.1 Å². The van der Waals surface area contributed by atoms with Crippen molar-refractivity contribution in [2.75, 3.05) is 36.9 Å². The van der Waals surface area contributed by atoms with Crippen LogP contribution in [0.25, 0.3) is 5.65 Å². The molecule has 166 valence electrons. The van der Waals surface area contributed by atoms with Crippen molar-refractivity contribution in [3.05, 3.63) is 35.3 Å². The van der Waals surface area contributed by atoms with Gasteiger partial charge in [0.05, 0.1) is 18.5 Å². The van der Waals surface area contributed by atoms with Gasteiger partial charge in [-0.3, -0.25) is 0 Å². The van der Waals surface area contributed by atoms with Gasteiger partial charge in [-0.2, -0.15) is 4.98 Å². The number of anilines is 2. The standard InChI is InChI=1S/C22H32N8O/c1-3-4-9-31-22-27-19(24)21-26-18(14-30(21)28-22)11-17-10-15(2)20(25-13-17)29-7-5-16(12-23)6-8-29/h10,13-14,16H,3-9,11-12,23H2,1-2H3,(H2,24,27,28). The summed E-state index contributed by atoms with van der Waals surface area (Å²) in [4.78, 5) is 16.0. The lowest BCUT2D eigenvalue weighted by Crippen LogP contribution is -2.36. The van der Waals surface area contributed by atoms with Crippen LogP contribution in [0.1, 0.15) is 49.4 Å². The Balaban J connectivity index is 1.47. The number of aryl methyl sites for hydroxylation is 1. The summed E-state index contributed by atoms with van der Waals surface area (Å²) >= 11 is 0. The van der Waals surface area contributed by atoms with Crippen LogP contribution in [0.3, 0.4) is 0 Å². The minimum absolute atomic E-state index is 0.280. The molecule has 4 N–H and O–H groups in total. The highest BCUT2D eigenvalue weighted by Crippen LogP contribution is 2.25. The van der Waals surface area contributed by atoms with Gasteiger partial charge in [-0.25, -0.2) is 14.5 Å². The van der Waals surface area contributed by atoms with Crippen LogP contribution in [0.15, 0.2) is 18.5 Å². The molecule has 4 rings (SSSR count). The molecule has 1 fully saturated rings. The monoisotopic (exact) mass is 424 g/mol. The zero-order valence-corrected chi connectivity index (χ0v) is 18.4. The third-order valence-corrected chi connectivity index (χ3v) is 5.85. The van der Waals surface area contributed by atoms with Gasteiger partial charge in [-0.05, 0) is 49.8 Å². The lowest BCUT2D eigenvalue weighted by Gasteiger charge is -2.33. The van der Waals surface area contributed by atoms with Crippen LogP contribution >= 0.6 is 0 Å². The number of unbranched alkanes of at least 4 members (excludes halogenated alkanes) is 1. The number of fused-ring (bicyclic) bond motifs is 1. The molecule has 31 heavy (non-hydrogen) atoms. The average Bonchev–Trinajstić information content (AvgIpc) is 3.17. The summed E-state index contributed by atoms with van der Waals surface area (Å²) in [7, 11) is 0. The van der Waals surface area contributed by atoms with E-state index in [-0.39, 0.29) is 6.01 Å². The maximum absolute atomic E-state index is 6.07. The van der Waals surface area contributed by atoms with E-state index in [1.807, 2.05) is 12.4 Å². The van der Waals surface area contributed by atoms with Crippen molar-refractivity contribution in [2.24, 2.45) is 11.7 Å². The number of piperidine rings is 1. The van der Waals surface area contributed by atoms with Gasteiger partial charge >= 0.3 is 6.01 Å². The van der Waals surface area contributed by atoms with E-state index < -0.39 is 0 Å². The summed E-state index contributed by atoms with van der Waals surface area (Å²) in [5.41, 5.74) is 15.6. The first kappa shape index (κ1) is 21.3. The molecule has 0 aliphatic carbocycles. The zero-order valence-electron chi connectivity index (χ0n) is 18.4. The second-order valence-electron chi connectivity index (χ2n) is 8.31. The summed E-state index contributed by atoms with van der Waals surface area (Å²) in [5, 5.41) is 4.39. The SMILES string of the molecule is CCCCOc1nc(N)c2nc(Cc3cnc(N4CCC(CN)CC4)c(C)c3)cn2n1. The molecule has 0 amide bonds. The molecular formula is C22H32N8O. The first-order chi connectivity index (χ1) is 15.1. The van der Waals surface area contributed by atoms with Crippen LogP contribution in [0.5, 0.6) is 6.01 Å². The molecule has 1 saturated heterocycles. The molecule has 0 spiro atoms. The Bertz CT molecular complexity index is 1030. The number of aromatic nitrogens is 5. The Morgan fingerprint density at radius 3 is 2.74 bits per heavy atom. The highest BCUT2D eigenvalue weighted by molar-refractivity contribution is 5.59. The summed E-state index contributed by atoms with van der Waals surface area (Å²) < 4.78 is 7.24. The van der Waals surface area contributed by atoms with Gasteiger partial charge in [0.15, 0.2) is 11.5 Å². The van der Waals surface area contributed by atoms with Crippen molar-refractivity contribution >= 4 is 17.3 Å². The fourth-order valence-electron chi connectivity index (χ4n) is 4.03. The number of nitrogens with zero attached hydrogens (tertiary/aromatic N) is 6. The first-order valence-corrected chi connectivity index (χ1v) is 11.1. The normalized spacial score (nSPS) is 15.0. The molecule has 3 aromatic heterocycles. The predicted molar refractivity (Wildman–Crippen MR) is 121 cm³/mol. The van der Waals surface area contributed by atoms with Crippen LogP contribution in [-0.4, -0.2) is 50.8 Å². The van der Waals surface area contributed by atoms with Gasteiger partial charge in [0.1, 0.15) is 5.82 Å². The van der Waals surface area contributed by atoms with Crippen molar-refractivity contribution in [3.8, 4) is 6.01 Å². The molecule has 1 aliphatic heterocycles. The Hall–Kier alpha value is -2.94. The van der Waals surface area contributed by atoms with E-state index in [1.165, 1.54) is 5.56 Å². The van der Waals surface area contributed by atoms with Crippen molar-refractivity contribution in [3.63, 3.8) is 0 Å². The van der Waals surface area contributed by atoms with E-state index in [0.29, 0.717) is 30.4 Å². The lowest BCUT2D eigenvalue weighted by atomic mass is 9.97. The largest absolute Gasteiger partial charge is 0.462 e. The second-order valence-corrected chi connectivity index (χ2v) is 8.31. The van der Waals surface area contributed by atoms with E-state index in [0.717, 1.165) is 62.4 Å². The van der Waals surface area contributed by atoms with Gasteiger partial charge in [-0.1, -0.05) is 19.4 Å². The average molecular weight is 425 g/mol. The van der Waals surface area contributed by atoms with Crippen molar-refractivity contribution in [2.45, 2.75) is 46.0 Å². The smallest absolute Gasteiger partial charge is 0.336 e. The molecule has 0 atom stereocenters. The maximum atomic E-state index is 6.07. The van der Waals surface area contributed by atoms with Crippen LogP contribution in [0.2, 0.25) is 0 Å². The Morgan fingerprint density at radius 2 is 2.03 bits per heavy atom. The molecule has 1 aliphatic rings. The third kappa shape index (κ3) is 4.87. The fraction of sp³-hybridized carbons (Fsp3) is 0.545. The molecular weight excluding hydrogens is 392 g/mol. The third-order valence-electron chi connectivity index (χ3n) is 5.85. The number of nitrogens with two attached hydrogens (primary N) is 2. The molecule has 4 heterocycles. The second kappa shape index (κ2) is 9.47. The Morgan fingerprint density at radius 1 is 1.23 bits per heavy atom. The number of nitrogen functional groups attached to an aromatic ring is 1. The zero-order chi connectivity index (χ0) is 21.8. The number of pyridine rings is 1. The van der Waals surface area contributed by atoms with Crippen LogP contribution in [-0.2, 0) is 6.42 Å². The Kier molecular flexibility index (Phi) is 6.50. The fourth-order valence-corrected chi connectivity index (χ4v) is 4.03. The van der Waals surface area contributed by atoms with Crippen molar-refractivity contribution < 1.29 is 4.74 Å². The molecule has 0 saturated carbocycles. The van der Waals surface area contributed by atoms with Gasteiger partial charge in [0.25, 0.3) is 0 Å². The molecule has 0 unspecified atom stereocenters. The van der Waals surface area contributed by atoms with Crippen LogP contribution < -0.4 is 21.1 Å². The van der Waals surface area contributed by atoms with Gasteiger partial charge in [0.2, 0.25) is 0 Å². The number of hydrogen-bond donors (Lipinski definition) is 2. The van der Waals surface area contributed by atoms with E-state index in [4.69, 9.17) is 21.2 Å². The summed E-state index contributed by atoms with van der Waals surface area (Å²) in [5.74, 6) is 2.02. The van der Waals surface area contributed by atoms with E-state index in [2.05, 4.69) is 39.9 Å². The highest BCUT2D eigenvalue weighted by Gasteiger charge is 2.20. The summed E-state index contributed by atoms with van der Waals surface area (Å²) in [6.07, 6.45) is 8.73. The molecule has 0 bridgehead atoms. The minimum atomic E-state index is 0.280. The highest BCUT2D eigenvalue weighted by atomic mass is 16.5. The van der Waals surface area contributed by atoms with E-state index >= 15 is 0 Å². The summed E-state index contributed by atoms with van der Waals surface area (Å²) in [6, 6.07) is 2.47. The predicted octanol–water partition coefficient (Wildman–Crippen LogP) is 2.35. The van der Waals surface area contributed by atoms with Crippen LogP contribution in [0, 0.1) is 12.8 Å². The topological polar surface area (TPSA) is 120 Å². The van der Waals surface area contributed by atoms with Crippen molar-refractivity contribution in [1.29, 1.82) is 0 Å². The number of rotatable bonds is 8. The molecule has 9 heteroatoms. The van der Waals surface area contributed by atoms with E-state index in [1.54, 1.807) is 4.52 Å². The van der Waals surface area contributed by atoms with Gasteiger partial charge in [0, 0.05) is 25.7 Å². The lowest BCUT2D eigenvalue weighted by molar-refractivity contribution is 0.281. The number of imidazole rings is 1. The molecule has 0 radical (unpaired) electrons. The first-order valence-electron chi connectivity index (χ1n) is 11.1. The maximum Gasteiger partial charge on any atom is 0.336 e. The Labute approximate surface area is 182 Å². The molecule has 9 nitrogen and oxygen atoms in total.